The molecule has 1 aliphatic rings. The predicted octanol–water partition coefficient (Wildman–Crippen LogP) is 2.83. The number of aromatic nitrogens is 2. The van der Waals surface area contributed by atoms with Gasteiger partial charge in [-0.2, -0.15) is 5.10 Å². The molecular formula is C19H24N4O2. The van der Waals surface area contributed by atoms with E-state index in [9.17, 15) is 4.79 Å². The summed E-state index contributed by atoms with van der Waals surface area (Å²) >= 11 is 0. The minimum Gasteiger partial charge on any atom is -0.390 e. The quantitative estimate of drug-likeness (QED) is 0.879. The van der Waals surface area contributed by atoms with Crippen molar-refractivity contribution in [2.45, 2.75) is 46.3 Å². The van der Waals surface area contributed by atoms with E-state index in [2.05, 4.69) is 28.6 Å². The second-order valence-electron chi connectivity index (χ2n) is 6.43. The fraction of sp³-hybridized carbons (Fsp3) is 0.421. The van der Waals surface area contributed by atoms with Crippen molar-refractivity contribution in [1.29, 1.82) is 0 Å². The Morgan fingerprint density at radius 3 is 2.68 bits per heavy atom. The molecule has 1 aromatic carbocycles. The lowest BCUT2D eigenvalue weighted by Gasteiger charge is -2.10. The summed E-state index contributed by atoms with van der Waals surface area (Å²) in [6.45, 7) is 7.25. The van der Waals surface area contributed by atoms with Gasteiger partial charge in [0.2, 0.25) is 0 Å². The summed E-state index contributed by atoms with van der Waals surface area (Å²) in [4.78, 5) is 17.6. The topological polar surface area (TPSA) is 68.5 Å². The van der Waals surface area contributed by atoms with E-state index in [0.29, 0.717) is 18.7 Å². The van der Waals surface area contributed by atoms with Gasteiger partial charge in [0.05, 0.1) is 24.5 Å². The first-order chi connectivity index (χ1) is 12.0. The van der Waals surface area contributed by atoms with Crippen molar-refractivity contribution < 1.29 is 9.63 Å². The minimum atomic E-state index is -0.0915. The van der Waals surface area contributed by atoms with Crippen molar-refractivity contribution >= 4 is 11.6 Å². The van der Waals surface area contributed by atoms with E-state index in [1.165, 1.54) is 0 Å². The monoisotopic (exact) mass is 340 g/mol. The molecule has 1 aromatic heterocycles. The van der Waals surface area contributed by atoms with E-state index >= 15 is 0 Å². The van der Waals surface area contributed by atoms with Gasteiger partial charge in [-0.05, 0) is 44.0 Å². The van der Waals surface area contributed by atoms with Crippen molar-refractivity contribution in [3.8, 4) is 0 Å². The van der Waals surface area contributed by atoms with E-state index < -0.39 is 0 Å². The van der Waals surface area contributed by atoms with Crippen LogP contribution in [-0.4, -0.2) is 34.0 Å². The number of amides is 1. The average Bonchev–Trinajstić information content (AvgIpc) is 3.19. The number of hydrogen-bond acceptors (Lipinski definition) is 4. The third-order valence-electron chi connectivity index (χ3n) is 4.34. The van der Waals surface area contributed by atoms with Crippen LogP contribution in [0, 0.1) is 13.8 Å². The Morgan fingerprint density at radius 2 is 2.08 bits per heavy atom. The highest BCUT2D eigenvalue weighted by Crippen LogP contribution is 2.12. The number of carbonyl (C=O) groups excluding carboxylic acids is 1. The Hall–Kier alpha value is -2.63. The number of rotatable bonds is 6. The predicted molar refractivity (Wildman–Crippen MR) is 96.8 cm³/mol. The fourth-order valence-electron chi connectivity index (χ4n) is 2.88. The molecule has 2 heterocycles. The first kappa shape index (κ1) is 17.2. The number of benzene rings is 1. The summed E-state index contributed by atoms with van der Waals surface area (Å²) in [6, 6.07) is 9.69. The zero-order chi connectivity index (χ0) is 17.8. The number of carbonyl (C=O) groups is 1. The number of hydrogen-bond donors (Lipinski definition) is 1. The van der Waals surface area contributed by atoms with Gasteiger partial charge in [-0.25, -0.2) is 0 Å². The Balaban J connectivity index is 1.53. The van der Waals surface area contributed by atoms with Crippen LogP contribution in [0.4, 0.5) is 0 Å². The molecule has 0 aliphatic carbocycles. The molecule has 2 aromatic rings. The summed E-state index contributed by atoms with van der Waals surface area (Å²) in [5, 5.41) is 11.4. The molecule has 0 fully saturated rings. The largest absolute Gasteiger partial charge is 0.390 e. The van der Waals surface area contributed by atoms with Crippen LogP contribution >= 0.6 is 0 Å². The maximum atomic E-state index is 12.3. The third-order valence-corrected chi connectivity index (χ3v) is 4.34. The molecule has 0 unspecified atom stereocenters. The standard InChI is InChI=1S/C19H24N4O2/c1-4-17-10-18(25-22-17)11-20-19(24)16-7-5-15(6-8-16)12-23-14(3)9-13(2)21-23/h5-9,18H,4,10-12H2,1-3H3,(H,20,24)/t18-/m0/s1. The second-order valence-corrected chi connectivity index (χ2v) is 6.43. The molecule has 0 saturated heterocycles. The molecule has 1 amide bonds. The Kier molecular flexibility index (Phi) is 5.16. The molecule has 1 N–H and O–H groups in total. The second kappa shape index (κ2) is 7.51. The summed E-state index contributed by atoms with van der Waals surface area (Å²) < 4.78 is 1.97. The van der Waals surface area contributed by atoms with E-state index in [-0.39, 0.29) is 12.0 Å². The van der Waals surface area contributed by atoms with Crippen molar-refractivity contribution in [2.24, 2.45) is 5.16 Å². The van der Waals surface area contributed by atoms with Crippen LogP contribution in [0.2, 0.25) is 0 Å². The maximum absolute atomic E-state index is 12.3. The van der Waals surface area contributed by atoms with Crippen molar-refractivity contribution in [2.75, 3.05) is 6.54 Å². The van der Waals surface area contributed by atoms with Gasteiger partial charge >= 0.3 is 0 Å². The van der Waals surface area contributed by atoms with Crippen LogP contribution in [0.25, 0.3) is 0 Å². The van der Waals surface area contributed by atoms with Gasteiger partial charge < -0.3 is 10.2 Å². The van der Waals surface area contributed by atoms with Crippen molar-refractivity contribution in [1.82, 2.24) is 15.1 Å². The molecule has 0 saturated carbocycles. The molecular weight excluding hydrogens is 316 g/mol. The average molecular weight is 340 g/mol. The van der Waals surface area contributed by atoms with E-state index in [1.807, 2.05) is 42.8 Å². The number of oxime groups is 1. The summed E-state index contributed by atoms with van der Waals surface area (Å²) in [6.07, 6.45) is 1.63. The summed E-state index contributed by atoms with van der Waals surface area (Å²) in [5.41, 5.74) is 4.95. The molecule has 0 radical (unpaired) electrons. The van der Waals surface area contributed by atoms with Gasteiger partial charge in [-0.3, -0.25) is 9.48 Å². The lowest BCUT2D eigenvalue weighted by atomic mass is 10.1. The van der Waals surface area contributed by atoms with E-state index in [0.717, 1.165) is 35.5 Å². The SMILES string of the molecule is CCC1=NO[C@H](CNC(=O)c2ccc(Cn3nc(C)cc3C)cc2)C1. The smallest absolute Gasteiger partial charge is 0.251 e. The molecule has 1 aliphatic heterocycles. The first-order valence-electron chi connectivity index (χ1n) is 8.65. The normalized spacial score (nSPS) is 16.4. The Bertz CT molecular complexity index is 777. The molecule has 0 bridgehead atoms. The number of aryl methyl sites for hydroxylation is 2. The fourth-order valence-corrected chi connectivity index (χ4v) is 2.88. The molecule has 25 heavy (non-hydrogen) atoms. The van der Waals surface area contributed by atoms with Crippen LogP contribution in [-0.2, 0) is 11.4 Å². The van der Waals surface area contributed by atoms with Gasteiger partial charge in [0, 0.05) is 17.7 Å². The Labute approximate surface area is 147 Å². The highest BCUT2D eigenvalue weighted by atomic mass is 16.6. The van der Waals surface area contributed by atoms with Gasteiger partial charge in [-0.15, -0.1) is 0 Å². The molecule has 3 rings (SSSR count). The van der Waals surface area contributed by atoms with Gasteiger partial charge in [-0.1, -0.05) is 24.2 Å². The van der Waals surface area contributed by atoms with Crippen molar-refractivity contribution in [3.63, 3.8) is 0 Å². The lowest BCUT2D eigenvalue weighted by molar-refractivity contribution is 0.0753. The summed E-state index contributed by atoms with van der Waals surface area (Å²) in [7, 11) is 0. The summed E-state index contributed by atoms with van der Waals surface area (Å²) in [5.74, 6) is -0.0915. The zero-order valence-electron chi connectivity index (χ0n) is 15.0. The highest BCUT2D eigenvalue weighted by molar-refractivity contribution is 5.94. The van der Waals surface area contributed by atoms with Gasteiger partial charge in [0.1, 0.15) is 6.10 Å². The van der Waals surface area contributed by atoms with Crippen molar-refractivity contribution in [3.05, 3.63) is 52.8 Å². The Morgan fingerprint density at radius 1 is 1.32 bits per heavy atom. The van der Waals surface area contributed by atoms with E-state index in [4.69, 9.17) is 4.84 Å². The molecule has 0 spiro atoms. The van der Waals surface area contributed by atoms with Crippen LogP contribution in [0.1, 0.15) is 47.1 Å². The molecule has 1 atom stereocenters. The maximum Gasteiger partial charge on any atom is 0.251 e. The molecule has 6 heteroatoms. The van der Waals surface area contributed by atoms with Crippen LogP contribution < -0.4 is 5.32 Å². The van der Waals surface area contributed by atoms with Gasteiger partial charge in [0.25, 0.3) is 5.91 Å². The van der Waals surface area contributed by atoms with Crippen LogP contribution in [0.5, 0.6) is 0 Å². The molecule has 6 nitrogen and oxygen atoms in total. The highest BCUT2D eigenvalue weighted by Gasteiger charge is 2.20. The third kappa shape index (κ3) is 4.26. The van der Waals surface area contributed by atoms with Crippen LogP contribution in [0.3, 0.4) is 0 Å². The zero-order valence-corrected chi connectivity index (χ0v) is 15.0. The van der Waals surface area contributed by atoms with Gasteiger partial charge in [0.15, 0.2) is 0 Å². The molecule has 132 valence electrons. The lowest BCUT2D eigenvalue weighted by Crippen LogP contribution is -2.32. The first-order valence-corrected chi connectivity index (χ1v) is 8.65. The number of nitrogens with one attached hydrogen (secondary N) is 1. The van der Waals surface area contributed by atoms with Crippen LogP contribution in [0.15, 0.2) is 35.5 Å². The number of nitrogens with zero attached hydrogens (tertiary/aromatic N) is 3. The minimum absolute atomic E-state index is 0.0517. The van der Waals surface area contributed by atoms with E-state index in [1.54, 1.807) is 0 Å².